The lowest BCUT2D eigenvalue weighted by atomic mass is 9.73. The molecule has 0 aliphatic carbocycles. The van der Waals surface area contributed by atoms with E-state index in [4.69, 9.17) is 35.3 Å². The first-order chi connectivity index (χ1) is 18.0. The zero-order valence-electron chi connectivity index (χ0n) is 20.7. The van der Waals surface area contributed by atoms with Crippen molar-refractivity contribution in [3.63, 3.8) is 0 Å². The molecule has 0 unspecified atom stereocenters. The Bertz CT molecular complexity index is 1400. The molecule has 3 aliphatic rings. The van der Waals surface area contributed by atoms with Crippen molar-refractivity contribution in [2.75, 3.05) is 20.0 Å². The van der Waals surface area contributed by atoms with Crippen LogP contribution in [0.15, 0.2) is 72.3 Å². The predicted octanol–water partition coefficient (Wildman–Crippen LogP) is 6.17. The molecule has 3 aromatic rings. The fourth-order valence-corrected chi connectivity index (χ4v) is 5.60. The van der Waals surface area contributed by atoms with Gasteiger partial charge >= 0.3 is 0 Å². The molecule has 6 nitrogen and oxygen atoms in total. The van der Waals surface area contributed by atoms with Gasteiger partial charge in [0.05, 0.1) is 18.8 Å². The van der Waals surface area contributed by atoms with E-state index in [1.54, 1.807) is 12.1 Å². The molecular formula is C30H27ClO6. The number of fused-ring (bicyclic) bond motifs is 2. The minimum absolute atomic E-state index is 0.128. The summed E-state index contributed by atoms with van der Waals surface area (Å²) >= 11 is 6.45. The van der Waals surface area contributed by atoms with Crippen molar-refractivity contribution in [3.05, 3.63) is 99.6 Å². The Balaban J connectivity index is 1.55. The summed E-state index contributed by atoms with van der Waals surface area (Å²) in [7, 11) is 0. The van der Waals surface area contributed by atoms with Crippen LogP contribution >= 0.6 is 11.6 Å². The number of Topliss-reactive ketones (excluding diaryl/α,β-unsaturated/α-hetero) is 1. The molecule has 1 spiro atoms. The van der Waals surface area contributed by atoms with Crippen LogP contribution in [0.1, 0.15) is 40.4 Å². The van der Waals surface area contributed by atoms with Crippen LogP contribution in [0.25, 0.3) is 0 Å². The summed E-state index contributed by atoms with van der Waals surface area (Å²) in [5, 5.41) is 0.492. The number of aryl methyl sites for hydroxylation is 1. The number of hydrogen-bond donors (Lipinski definition) is 0. The van der Waals surface area contributed by atoms with Gasteiger partial charge in [-0.25, -0.2) is 0 Å². The van der Waals surface area contributed by atoms with Gasteiger partial charge in [-0.15, -0.1) is 0 Å². The molecule has 3 heterocycles. The molecule has 190 valence electrons. The number of benzene rings is 3. The third-order valence-corrected chi connectivity index (χ3v) is 7.70. The molecule has 0 amide bonds. The van der Waals surface area contributed by atoms with Crippen LogP contribution in [-0.4, -0.2) is 31.4 Å². The summed E-state index contributed by atoms with van der Waals surface area (Å²) in [6, 6.07) is 19.0. The molecule has 0 N–H and O–H groups in total. The van der Waals surface area contributed by atoms with Gasteiger partial charge in [-0.1, -0.05) is 54.9 Å². The maximum atomic E-state index is 14.5. The van der Waals surface area contributed by atoms with E-state index in [1.165, 1.54) is 0 Å². The number of ether oxygens (including phenoxy) is 5. The van der Waals surface area contributed by atoms with Crippen LogP contribution in [0.4, 0.5) is 0 Å². The topological polar surface area (TPSA) is 63.2 Å². The summed E-state index contributed by atoms with van der Waals surface area (Å²) in [5.74, 6) is -0.251. The van der Waals surface area contributed by atoms with Crippen LogP contribution in [-0.2, 0) is 21.7 Å². The van der Waals surface area contributed by atoms with Crippen LogP contribution in [0, 0.1) is 6.92 Å². The highest BCUT2D eigenvalue weighted by atomic mass is 35.5. The van der Waals surface area contributed by atoms with Crippen molar-refractivity contribution in [3.8, 4) is 17.2 Å². The van der Waals surface area contributed by atoms with Gasteiger partial charge in [0.1, 0.15) is 5.75 Å². The van der Waals surface area contributed by atoms with Crippen molar-refractivity contribution in [1.29, 1.82) is 0 Å². The Hall–Kier alpha value is -3.32. The molecule has 0 radical (unpaired) electrons. The molecule has 0 bridgehead atoms. The zero-order chi connectivity index (χ0) is 25.6. The number of hydrogen-bond acceptors (Lipinski definition) is 6. The summed E-state index contributed by atoms with van der Waals surface area (Å²) in [6.07, 6.45) is 3.15. The van der Waals surface area contributed by atoms with E-state index in [2.05, 4.69) is 0 Å². The monoisotopic (exact) mass is 518 g/mol. The van der Waals surface area contributed by atoms with E-state index in [9.17, 15) is 4.79 Å². The van der Waals surface area contributed by atoms with E-state index >= 15 is 0 Å². The van der Waals surface area contributed by atoms with Gasteiger partial charge in [0.25, 0.3) is 5.79 Å². The summed E-state index contributed by atoms with van der Waals surface area (Å²) in [4.78, 5) is 14.5. The largest absolute Gasteiger partial charge is 0.454 e. The first kappa shape index (κ1) is 24.0. The lowest BCUT2D eigenvalue weighted by molar-refractivity contribution is -0.273. The van der Waals surface area contributed by atoms with Crippen molar-refractivity contribution >= 4 is 17.4 Å². The van der Waals surface area contributed by atoms with Crippen molar-refractivity contribution in [2.45, 2.75) is 38.1 Å². The predicted molar refractivity (Wildman–Crippen MR) is 139 cm³/mol. The Labute approximate surface area is 220 Å². The average molecular weight is 519 g/mol. The molecule has 7 heteroatoms. The van der Waals surface area contributed by atoms with Crippen molar-refractivity contribution in [1.82, 2.24) is 0 Å². The number of carbonyl (C=O) groups is 1. The summed E-state index contributed by atoms with van der Waals surface area (Å²) in [6.45, 7) is 4.56. The van der Waals surface area contributed by atoms with Crippen molar-refractivity contribution in [2.24, 2.45) is 0 Å². The van der Waals surface area contributed by atoms with Crippen LogP contribution in [0.2, 0.25) is 5.02 Å². The molecule has 2 atom stereocenters. The van der Waals surface area contributed by atoms with Gasteiger partial charge in [0.15, 0.2) is 11.5 Å². The molecule has 0 fully saturated rings. The maximum Gasteiger partial charge on any atom is 0.278 e. The van der Waals surface area contributed by atoms with Gasteiger partial charge in [-0.05, 0) is 66.8 Å². The zero-order valence-corrected chi connectivity index (χ0v) is 21.5. The van der Waals surface area contributed by atoms with Gasteiger partial charge in [0.2, 0.25) is 18.2 Å². The second-order valence-electron chi connectivity index (χ2n) is 9.37. The number of rotatable bonds is 6. The number of ketones is 1. The van der Waals surface area contributed by atoms with E-state index < -0.39 is 11.4 Å². The highest BCUT2D eigenvalue weighted by molar-refractivity contribution is 6.32. The highest BCUT2D eigenvalue weighted by Gasteiger charge is 2.68. The van der Waals surface area contributed by atoms with Crippen LogP contribution in [0.3, 0.4) is 0 Å². The van der Waals surface area contributed by atoms with E-state index in [0.717, 1.165) is 16.7 Å². The molecule has 0 saturated heterocycles. The minimum atomic E-state index is -1.61. The summed E-state index contributed by atoms with van der Waals surface area (Å²) in [5.41, 5.74) is 2.17. The Kier molecular flexibility index (Phi) is 5.98. The van der Waals surface area contributed by atoms with Gasteiger partial charge in [0, 0.05) is 10.6 Å². The number of halogens is 1. The molecule has 6 rings (SSSR count). The van der Waals surface area contributed by atoms with Crippen LogP contribution in [0.5, 0.6) is 17.2 Å². The third-order valence-electron chi connectivity index (χ3n) is 7.30. The quantitative estimate of drug-likeness (QED) is 0.364. The Morgan fingerprint density at radius 3 is 2.62 bits per heavy atom. The molecule has 0 aromatic heterocycles. The molecule has 3 aliphatic heterocycles. The normalized spacial score (nSPS) is 23.6. The second-order valence-corrected chi connectivity index (χ2v) is 9.78. The lowest BCUT2D eigenvalue weighted by Gasteiger charge is -2.50. The Morgan fingerprint density at radius 2 is 1.81 bits per heavy atom. The standard InChI is InChI=1S/C30H27ClO6/c1-3-21-12-14-35-29(21)28(32)23-17-24(31)19(2)15-26(23)37-30(29,36-13-11-20-7-5-4-6-8-20)22-9-10-25-27(16-22)34-18-33-25/h4-10,12,15-17H,3,11,13-14,18H2,1-2H3/t29-,30+/m1/s1. The molecule has 0 saturated carbocycles. The van der Waals surface area contributed by atoms with E-state index in [0.29, 0.717) is 46.2 Å². The van der Waals surface area contributed by atoms with Gasteiger partial charge in [-0.2, -0.15) is 0 Å². The van der Waals surface area contributed by atoms with Crippen LogP contribution < -0.4 is 14.2 Å². The molecule has 3 aromatic carbocycles. The third kappa shape index (κ3) is 3.66. The summed E-state index contributed by atoms with van der Waals surface area (Å²) < 4.78 is 31.2. The lowest BCUT2D eigenvalue weighted by Crippen LogP contribution is -2.65. The molecule has 37 heavy (non-hydrogen) atoms. The Morgan fingerprint density at radius 1 is 1.00 bits per heavy atom. The van der Waals surface area contributed by atoms with Gasteiger partial charge < -0.3 is 23.7 Å². The first-order valence-corrected chi connectivity index (χ1v) is 12.8. The SMILES string of the molecule is CCC1=CCO[C@@]12C(=O)c1cc(Cl)c(C)cc1O[C@@]2(OCCc1ccccc1)c1ccc2c(c1)OCO2. The van der Waals surface area contributed by atoms with E-state index in [-0.39, 0.29) is 25.8 Å². The number of carbonyl (C=O) groups excluding carboxylic acids is 1. The minimum Gasteiger partial charge on any atom is -0.454 e. The van der Waals surface area contributed by atoms with E-state index in [1.807, 2.05) is 68.5 Å². The highest BCUT2D eigenvalue weighted by Crippen LogP contribution is 2.55. The first-order valence-electron chi connectivity index (χ1n) is 12.4. The van der Waals surface area contributed by atoms with Crippen molar-refractivity contribution < 1.29 is 28.5 Å². The average Bonchev–Trinajstić information content (AvgIpc) is 3.56. The fourth-order valence-electron chi connectivity index (χ4n) is 5.43. The van der Waals surface area contributed by atoms with Gasteiger partial charge in [-0.3, -0.25) is 4.79 Å². The fraction of sp³-hybridized carbons (Fsp3) is 0.300. The maximum absolute atomic E-state index is 14.5. The smallest absolute Gasteiger partial charge is 0.278 e. The second kappa shape index (κ2) is 9.21. The molecular weight excluding hydrogens is 492 g/mol.